The molecule has 0 fully saturated rings. The van der Waals surface area contributed by atoms with Crippen molar-refractivity contribution in [3.8, 4) is 5.75 Å². The zero-order valence-corrected chi connectivity index (χ0v) is 23.9. The first kappa shape index (κ1) is 29.2. The van der Waals surface area contributed by atoms with Crippen LogP contribution in [-0.4, -0.2) is 34.3 Å². The third kappa shape index (κ3) is 6.95. The molecule has 4 aromatic rings. The summed E-state index contributed by atoms with van der Waals surface area (Å²) in [4.78, 5) is 39.1. The highest BCUT2D eigenvalue weighted by Crippen LogP contribution is 2.45. The first-order valence-electron chi connectivity index (χ1n) is 13.3. The first-order valence-corrected chi connectivity index (χ1v) is 14.8. The number of hydrogen-bond donors (Lipinski definition) is 2. The number of nitrogens with zero attached hydrogens (tertiary/aromatic N) is 1. The molecule has 2 heterocycles. The van der Waals surface area contributed by atoms with Crippen molar-refractivity contribution >= 4 is 24.5 Å². The van der Waals surface area contributed by atoms with Crippen molar-refractivity contribution in [1.29, 1.82) is 0 Å². The molecular formula is C30H30N3O8P. The zero-order valence-electron chi connectivity index (χ0n) is 23.0. The van der Waals surface area contributed by atoms with Crippen LogP contribution in [0, 0.1) is 6.92 Å². The Morgan fingerprint density at radius 2 is 1.79 bits per heavy atom. The van der Waals surface area contributed by atoms with Gasteiger partial charge in [0.25, 0.3) is 5.56 Å². The van der Waals surface area contributed by atoms with Crippen molar-refractivity contribution in [3.63, 3.8) is 0 Å². The number of benzene rings is 3. The van der Waals surface area contributed by atoms with E-state index in [-0.39, 0.29) is 19.0 Å². The van der Waals surface area contributed by atoms with E-state index in [0.717, 1.165) is 16.3 Å². The highest BCUT2D eigenvalue weighted by molar-refractivity contribution is 7.52. The second-order valence-corrected chi connectivity index (χ2v) is 11.4. The summed E-state index contributed by atoms with van der Waals surface area (Å²) in [5, 5.41) is 4.66. The van der Waals surface area contributed by atoms with Crippen LogP contribution in [0.25, 0.3) is 10.8 Å². The smallest absolute Gasteiger partial charge is 0.459 e. The summed E-state index contributed by atoms with van der Waals surface area (Å²) in [6.45, 7) is 2.88. The average Bonchev–Trinajstić information content (AvgIpc) is 3.46. The standard InChI is InChI=1S/C30H30N3O8P/c1-20-17-33(30(36)31-28(20)34)27-16-15-25(40-27)19-39-42(37,41-24-12-4-3-5-13-24)32-21(2)29(35)38-18-23-11-8-10-22-9-6-7-14-26(22)23/h3-17,21,25,27H,18-19H2,1-2H3,(H,32,37)(H,31,34,36)/t21?,25-,27+,42?/m0/s1. The number of rotatable bonds is 11. The Bertz CT molecular complexity index is 1760. The molecule has 1 aromatic heterocycles. The molecule has 0 bridgehead atoms. The van der Waals surface area contributed by atoms with E-state index >= 15 is 0 Å². The van der Waals surface area contributed by atoms with Gasteiger partial charge in [-0.15, -0.1) is 0 Å². The minimum atomic E-state index is -4.13. The van der Waals surface area contributed by atoms with Gasteiger partial charge < -0.3 is 14.0 Å². The maximum absolute atomic E-state index is 13.9. The van der Waals surface area contributed by atoms with Gasteiger partial charge in [0.05, 0.1) is 6.61 Å². The van der Waals surface area contributed by atoms with Gasteiger partial charge in [0.15, 0.2) is 6.23 Å². The van der Waals surface area contributed by atoms with Crippen molar-refractivity contribution in [2.75, 3.05) is 6.61 Å². The Hall–Kier alpha value is -4.28. The number of aromatic amines is 1. The number of hydrogen-bond acceptors (Lipinski definition) is 8. The first-order chi connectivity index (χ1) is 20.2. The van der Waals surface area contributed by atoms with Gasteiger partial charge in [-0.3, -0.25) is 23.7 Å². The van der Waals surface area contributed by atoms with Gasteiger partial charge in [0.1, 0.15) is 24.5 Å². The van der Waals surface area contributed by atoms with E-state index in [1.807, 2.05) is 42.5 Å². The van der Waals surface area contributed by atoms with E-state index in [1.165, 1.54) is 17.7 Å². The van der Waals surface area contributed by atoms with Crippen LogP contribution in [0.1, 0.15) is 24.3 Å². The van der Waals surface area contributed by atoms with Gasteiger partial charge in [-0.2, -0.15) is 5.09 Å². The highest BCUT2D eigenvalue weighted by Gasteiger charge is 2.34. The second kappa shape index (κ2) is 12.7. The quantitative estimate of drug-likeness (QED) is 0.148. The molecule has 11 nitrogen and oxygen atoms in total. The zero-order chi connectivity index (χ0) is 29.7. The lowest BCUT2D eigenvalue weighted by Gasteiger charge is -2.24. The van der Waals surface area contributed by atoms with E-state index in [4.69, 9.17) is 18.5 Å². The van der Waals surface area contributed by atoms with Crippen molar-refractivity contribution in [2.24, 2.45) is 0 Å². The molecule has 0 radical (unpaired) electrons. The van der Waals surface area contributed by atoms with Gasteiger partial charge in [-0.1, -0.05) is 66.7 Å². The van der Waals surface area contributed by atoms with E-state index in [9.17, 15) is 18.9 Å². The fraction of sp³-hybridized carbons (Fsp3) is 0.233. The molecule has 42 heavy (non-hydrogen) atoms. The molecule has 0 amide bonds. The highest BCUT2D eigenvalue weighted by atomic mass is 31.2. The summed E-state index contributed by atoms with van der Waals surface area (Å²) >= 11 is 0. The summed E-state index contributed by atoms with van der Waals surface area (Å²) in [6.07, 6.45) is 3.17. The number of carbonyl (C=O) groups is 1. The van der Waals surface area contributed by atoms with Gasteiger partial charge in [-0.05, 0) is 48.4 Å². The minimum Gasteiger partial charge on any atom is -0.460 e. The fourth-order valence-corrected chi connectivity index (χ4v) is 5.88. The molecule has 2 N–H and O–H groups in total. The predicted molar refractivity (Wildman–Crippen MR) is 156 cm³/mol. The van der Waals surface area contributed by atoms with Crippen LogP contribution in [0.15, 0.2) is 101 Å². The van der Waals surface area contributed by atoms with Gasteiger partial charge >= 0.3 is 19.4 Å². The topological polar surface area (TPSA) is 138 Å². The number of aromatic nitrogens is 2. The number of ether oxygens (including phenoxy) is 2. The Balaban J connectivity index is 1.24. The minimum absolute atomic E-state index is 0.0304. The molecule has 4 atom stereocenters. The third-order valence-corrected chi connectivity index (χ3v) is 8.20. The van der Waals surface area contributed by atoms with E-state index in [0.29, 0.717) is 5.56 Å². The molecule has 1 aliphatic heterocycles. The van der Waals surface area contributed by atoms with Crippen molar-refractivity contribution in [3.05, 3.63) is 123 Å². The van der Waals surface area contributed by atoms with Crippen molar-refractivity contribution in [2.45, 2.75) is 38.8 Å². The van der Waals surface area contributed by atoms with E-state index < -0.39 is 43.3 Å². The molecule has 0 spiro atoms. The molecule has 3 aromatic carbocycles. The lowest BCUT2D eigenvalue weighted by molar-refractivity contribution is -0.146. The number of fused-ring (bicyclic) bond motifs is 1. The summed E-state index contributed by atoms with van der Waals surface area (Å²) in [5.41, 5.74) is 0.0769. The number of esters is 1. The predicted octanol–water partition coefficient (Wildman–Crippen LogP) is 4.38. The van der Waals surface area contributed by atoms with E-state index in [1.54, 1.807) is 49.4 Å². The van der Waals surface area contributed by atoms with Crippen LogP contribution in [0.4, 0.5) is 0 Å². The van der Waals surface area contributed by atoms with Crippen LogP contribution in [-0.2, 0) is 30.0 Å². The maximum Gasteiger partial charge on any atom is 0.459 e. The maximum atomic E-state index is 13.9. The Kier molecular flexibility index (Phi) is 8.84. The lowest BCUT2D eigenvalue weighted by Crippen LogP contribution is -2.36. The molecule has 5 rings (SSSR count). The van der Waals surface area contributed by atoms with Crippen LogP contribution in [0.5, 0.6) is 5.75 Å². The molecule has 0 saturated heterocycles. The van der Waals surface area contributed by atoms with E-state index in [2.05, 4.69) is 10.1 Å². The van der Waals surface area contributed by atoms with Crippen molar-refractivity contribution in [1.82, 2.24) is 14.6 Å². The molecule has 0 aliphatic carbocycles. The van der Waals surface area contributed by atoms with Crippen LogP contribution >= 0.6 is 7.75 Å². The Morgan fingerprint density at radius 1 is 1.05 bits per heavy atom. The van der Waals surface area contributed by atoms with Gasteiger partial charge in [-0.25, -0.2) is 9.36 Å². The number of aryl methyl sites for hydroxylation is 1. The molecule has 1 aliphatic rings. The normalized spacial score (nSPS) is 18.4. The van der Waals surface area contributed by atoms with Crippen LogP contribution < -0.4 is 20.9 Å². The molecule has 12 heteroatoms. The number of carbonyl (C=O) groups excluding carboxylic acids is 1. The Labute approximate surface area is 241 Å². The Morgan fingerprint density at radius 3 is 2.60 bits per heavy atom. The lowest BCUT2D eigenvalue weighted by atomic mass is 10.1. The molecule has 2 unspecified atom stereocenters. The number of para-hydroxylation sites is 1. The fourth-order valence-electron chi connectivity index (χ4n) is 4.38. The third-order valence-electron chi connectivity index (χ3n) is 6.56. The summed E-state index contributed by atoms with van der Waals surface area (Å²) in [6, 6.07) is 20.9. The van der Waals surface area contributed by atoms with Crippen LogP contribution in [0.3, 0.4) is 0 Å². The molecule has 218 valence electrons. The average molecular weight is 592 g/mol. The van der Waals surface area contributed by atoms with Crippen LogP contribution in [0.2, 0.25) is 0 Å². The molecular weight excluding hydrogens is 561 g/mol. The number of nitrogens with one attached hydrogen (secondary N) is 2. The monoisotopic (exact) mass is 591 g/mol. The van der Waals surface area contributed by atoms with Crippen molar-refractivity contribution < 1.29 is 27.9 Å². The van der Waals surface area contributed by atoms with Gasteiger partial charge in [0, 0.05) is 11.8 Å². The SMILES string of the molecule is Cc1cn([C@H]2C=C[C@@H](COP(=O)(NC(C)C(=O)OCc3cccc4ccccc34)Oc3ccccc3)O2)c(=O)[nH]c1=O. The summed E-state index contributed by atoms with van der Waals surface area (Å²) < 4.78 is 37.9. The summed E-state index contributed by atoms with van der Waals surface area (Å²) in [5.74, 6) is -0.381. The largest absolute Gasteiger partial charge is 0.460 e. The van der Waals surface area contributed by atoms with Gasteiger partial charge in [0.2, 0.25) is 0 Å². The second-order valence-electron chi connectivity index (χ2n) is 9.72. The molecule has 0 saturated carbocycles. The summed E-state index contributed by atoms with van der Waals surface area (Å²) in [7, 11) is -4.13. The number of H-pyrrole nitrogens is 1.